The number of rotatable bonds is 4. The molecule has 1 aliphatic heterocycles. The third-order valence-corrected chi connectivity index (χ3v) is 3.06. The Morgan fingerprint density at radius 2 is 2.43 bits per heavy atom. The first-order valence-electron chi connectivity index (χ1n) is 4.98. The molecular formula is C9H18N2O2S. The van der Waals surface area contributed by atoms with Gasteiger partial charge in [-0.05, 0) is 19.4 Å². The summed E-state index contributed by atoms with van der Waals surface area (Å²) in [6.07, 6.45) is 4.16. The van der Waals surface area contributed by atoms with Crippen LogP contribution in [-0.4, -0.2) is 41.3 Å². The Balaban J connectivity index is 2.15. The van der Waals surface area contributed by atoms with E-state index in [0.717, 1.165) is 25.9 Å². The number of hydrogen-bond donors (Lipinski definition) is 2. The van der Waals surface area contributed by atoms with Gasteiger partial charge in [0.1, 0.15) is 0 Å². The molecule has 0 saturated carbocycles. The van der Waals surface area contributed by atoms with Crippen molar-refractivity contribution in [2.24, 2.45) is 0 Å². The fourth-order valence-corrected chi connectivity index (χ4v) is 1.98. The van der Waals surface area contributed by atoms with Crippen LogP contribution in [-0.2, 0) is 15.6 Å². The summed E-state index contributed by atoms with van der Waals surface area (Å²) in [5.74, 6) is 0.486. The van der Waals surface area contributed by atoms with Crippen LogP contribution in [0.3, 0.4) is 0 Å². The fourth-order valence-electron chi connectivity index (χ4n) is 1.51. The lowest BCUT2D eigenvalue weighted by atomic mass is 10.1. The largest absolute Gasteiger partial charge is 0.352 e. The van der Waals surface area contributed by atoms with Crippen molar-refractivity contribution in [3.05, 3.63) is 0 Å². The van der Waals surface area contributed by atoms with E-state index in [0.29, 0.717) is 12.2 Å². The summed E-state index contributed by atoms with van der Waals surface area (Å²) in [5.41, 5.74) is 0. The van der Waals surface area contributed by atoms with E-state index in [4.69, 9.17) is 0 Å². The lowest BCUT2D eigenvalue weighted by Crippen LogP contribution is -2.45. The topological polar surface area (TPSA) is 58.2 Å². The monoisotopic (exact) mass is 218 g/mol. The Bertz CT molecular complexity index is 215. The normalized spacial score (nSPS) is 24.2. The second-order valence-electron chi connectivity index (χ2n) is 3.64. The molecule has 2 atom stereocenters. The van der Waals surface area contributed by atoms with Crippen molar-refractivity contribution in [2.45, 2.75) is 25.3 Å². The molecule has 2 unspecified atom stereocenters. The Hall–Kier alpha value is -0.420. The lowest BCUT2D eigenvalue weighted by molar-refractivity contribution is -0.121. The molecule has 0 spiro atoms. The standard InChI is InChI=1S/C9H18N2O2S/c1-14(13)6-4-9(12)11-8-3-2-5-10-7-8/h8,10H,2-7H2,1H3,(H,11,12). The highest BCUT2D eigenvalue weighted by atomic mass is 32.2. The molecule has 2 N–H and O–H groups in total. The van der Waals surface area contributed by atoms with Crippen LogP contribution in [0, 0.1) is 0 Å². The summed E-state index contributed by atoms with van der Waals surface area (Å²) in [7, 11) is -0.869. The van der Waals surface area contributed by atoms with Crippen LogP contribution >= 0.6 is 0 Å². The molecule has 0 bridgehead atoms. The quantitative estimate of drug-likeness (QED) is 0.676. The maximum absolute atomic E-state index is 11.3. The first-order valence-corrected chi connectivity index (χ1v) is 6.71. The minimum atomic E-state index is -0.869. The van der Waals surface area contributed by atoms with Gasteiger partial charge in [0.25, 0.3) is 0 Å². The van der Waals surface area contributed by atoms with E-state index in [-0.39, 0.29) is 11.9 Å². The van der Waals surface area contributed by atoms with Gasteiger partial charge in [-0.15, -0.1) is 0 Å². The molecule has 5 heteroatoms. The molecule has 1 saturated heterocycles. The molecule has 1 amide bonds. The smallest absolute Gasteiger partial charge is 0.221 e. The predicted molar refractivity (Wildman–Crippen MR) is 57.6 cm³/mol. The summed E-state index contributed by atoms with van der Waals surface area (Å²) in [6.45, 7) is 1.91. The van der Waals surface area contributed by atoms with E-state index in [2.05, 4.69) is 10.6 Å². The Morgan fingerprint density at radius 1 is 1.64 bits per heavy atom. The number of nitrogens with one attached hydrogen (secondary N) is 2. The van der Waals surface area contributed by atoms with Crippen LogP contribution < -0.4 is 10.6 Å². The average molecular weight is 218 g/mol. The first kappa shape index (κ1) is 11.7. The van der Waals surface area contributed by atoms with E-state index in [9.17, 15) is 9.00 Å². The molecule has 0 aromatic carbocycles. The number of carbonyl (C=O) groups excluding carboxylic acids is 1. The van der Waals surface area contributed by atoms with Crippen LogP contribution in [0.1, 0.15) is 19.3 Å². The van der Waals surface area contributed by atoms with E-state index >= 15 is 0 Å². The van der Waals surface area contributed by atoms with E-state index in [1.165, 1.54) is 0 Å². The van der Waals surface area contributed by atoms with Crippen LogP contribution in [0.5, 0.6) is 0 Å². The molecule has 4 nitrogen and oxygen atoms in total. The molecule has 0 aliphatic carbocycles. The highest BCUT2D eigenvalue weighted by Gasteiger charge is 2.14. The van der Waals surface area contributed by atoms with Gasteiger partial charge in [-0.1, -0.05) is 0 Å². The van der Waals surface area contributed by atoms with Crippen molar-refractivity contribution in [1.82, 2.24) is 10.6 Å². The predicted octanol–water partition coefficient (Wildman–Crippen LogP) is -0.377. The maximum Gasteiger partial charge on any atom is 0.221 e. The third-order valence-electron chi connectivity index (χ3n) is 2.28. The van der Waals surface area contributed by atoms with Crippen molar-refractivity contribution < 1.29 is 9.00 Å². The molecule has 1 rings (SSSR count). The Kier molecular flexibility index (Phi) is 5.11. The molecule has 1 heterocycles. The zero-order valence-corrected chi connectivity index (χ0v) is 9.36. The van der Waals surface area contributed by atoms with Crippen molar-refractivity contribution in [2.75, 3.05) is 25.1 Å². The van der Waals surface area contributed by atoms with Crippen LogP contribution in [0.2, 0.25) is 0 Å². The molecular weight excluding hydrogens is 200 g/mol. The van der Waals surface area contributed by atoms with Gasteiger partial charge in [0, 0.05) is 41.8 Å². The van der Waals surface area contributed by atoms with Gasteiger partial charge in [-0.2, -0.15) is 0 Å². The number of carbonyl (C=O) groups is 1. The highest BCUT2D eigenvalue weighted by molar-refractivity contribution is 7.84. The molecule has 1 aliphatic rings. The number of piperidine rings is 1. The van der Waals surface area contributed by atoms with Crippen LogP contribution in [0.15, 0.2) is 0 Å². The van der Waals surface area contributed by atoms with Gasteiger partial charge >= 0.3 is 0 Å². The van der Waals surface area contributed by atoms with Gasteiger partial charge in [-0.25, -0.2) is 0 Å². The van der Waals surface area contributed by atoms with E-state index in [1.807, 2.05) is 0 Å². The second-order valence-corrected chi connectivity index (χ2v) is 5.19. The van der Waals surface area contributed by atoms with Crippen LogP contribution in [0.4, 0.5) is 0 Å². The van der Waals surface area contributed by atoms with Gasteiger partial charge < -0.3 is 10.6 Å². The zero-order chi connectivity index (χ0) is 10.4. The molecule has 0 aromatic rings. The zero-order valence-electron chi connectivity index (χ0n) is 8.54. The van der Waals surface area contributed by atoms with E-state index < -0.39 is 10.8 Å². The highest BCUT2D eigenvalue weighted by Crippen LogP contribution is 2.01. The minimum absolute atomic E-state index is 0.0221. The van der Waals surface area contributed by atoms with Gasteiger partial charge in [0.05, 0.1) is 0 Å². The van der Waals surface area contributed by atoms with Gasteiger partial charge in [0.2, 0.25) is 5.91 Å². The number of hydrogen-bond acceptors (Lipinski definition) is 3. The average Bonchev–Trinajstić information content (AvgIpc) is 2.16. The van der Waals surface area contributed by atoms with Gasteiger partial charge in [0.15, 0.2) is 0 Å². The fraction of sp³-hybridized carbons (Fsp3) is 0.889. The molecule has 82 valence electrons. The van der Waals surface area contributed by atoms with Crippen molar-refractivity contribution >= 4 is 16.7 Å². The molecule has 1 fully saturated rings. The SMILES string of the molecule is CS(=O)CCC(=O)NC1CCCNC1. The summed E-state index contributed by atoms with van der Waals surface area (Å²) < 4.78 is 10.8. The first-order chi connectivity index (χ1) is 6.68. The lowest BCUT2D eigenvalue weighted by Gasteiger charge is -2.23. The van der Waals surface area contributed by atoms with E-state index in [1.54, 1.807) is 6.26 Å². The molecule has 0 radical (unpaired) electrons. The summed E-state index contributed by atoms with van der Waals surface area (Å²) in [5, 5.41) is 6.17. The van der Waals surface area contributed by atoms with Crippen molar-refractivity contribution in [3.8, 4) is 0 Å². The van der Waals surface area contributed by atoms with Crippen molar-refractivity contribution in [1.29, 1.82) is 0 Å². The maximum atomic E-state index is 11.3. The molecule has 14 heavy (non-hydrogen) atoms. The second kappa shape index (κ2) is 6.14. The molecule has 0 aromatic heterocycles. The summed E-state index contributed by atoms with van der Waals surface area (Å²) in [6, 6.07) is 0.265. The minimum Gasteiger partial charge on any atom is -0.352 e. The van der Waals surface area contributed by atoms with Crippen LogP contribution in [0.25, 0.3) is 0 Å². The third kappa shape index (κ3) is 4.72. The number of amides is 1. The Labute approximate surface area is 87.3 Å². The van der Waals surface area contributed by atoms with Gasteiger partial charge in [-0.3, -0.25) is 9.00 Å². The van der Waals surface area contributed by atoms with Crippen molar-refractivity contribution in [3.63, 3.8) is 0 Å². The summed E-state index contributed by atoms with van der Waals surface area (Å²) >= 11 is 0. The summed E-state index contributed by atoms with van der Waals surface area (Å²) in [4.78, 5) is 11.3. The Morgan fingerprint density at radius 3 is 3.00 bits per heavy atom.